The van der Waals surface area contributed by atoms with Gasteiger partial charge in [-0.25, -0.2) is 9.07 Å². The van der Waals surface area contributed by atoms with Crippen LogP contribution >= 0.6 is 0 Å². The van der Waals surface area contributed by atoms with Crippen LogP contribution in [0.3, 0.4) is 0 Å². The summed E-state index contributed by atoms with van der Waals surface area (Å²) in [6, 6.07) is 5.95. The highest BCUT2D eigenvalue weighted by Gasteiger charge is 2.35. The molecule has 1 heterocycles. The van der Waals surface area contributed by atoms with Gasteiger partial charge in [0.1, 0.15) is 5.82 Å². The number of carbonyl (C=O) groups is 1. The van der Waals surface area contributed by atoms with E-state index in [4.69, 9.17) is 0 Å². The summed E-state index contributed by atoms with van der Waals surface area (Å²) in [5, 5.41) is 17.3. The fourth-order valence-electron chi connectivity index (χ4n) is 2.90. The lowest BCUT2D eigenvalue weighted by Crippen LogP contribution is -2.47. The molecule has 0 atom stereocenters. The predicted octanol–water partition coefficient (Wildman–Crippen LogP) is 2.27. The average molecular weight is 317 g/mol. The fraction of sp³-hybridized carbons (Fsp3) is 0.412. The Morgan fingerprint density at radius 3 is 2.57 bits per heavy atom. The van der Waals surface area contributed by atoms with E-state index < -0.39 is 5.60 Å². The lowest BCUT2D eigenvalue weighted by molar-refractivity contribution is -0.0300. The standard InChI is InChI=1S/C17H20FN3O2/c1-11-15(16(22)19-10-17(23)8-3-9-17)12(2)21(20-11)14-6-4-13(18)5-7-14/h4-7,23H,3,8-10H2,1-2H3,(H,19,22). The van der Waals surface area contributed by atoms with E-state index in [9.17, 15) is 14.3 Å². The van der Waals surface area contributed by atoms with Gasteiger partial charge in [-0.2, -0.15) is 5.10 Å². The van der Waals surface area contributed by atoms with E-state index in [0.29, 0.717) is 22.6 Å². The first-order valence-electron chi connectivity index (χ1n) is 7.72. The summed E-state index contributed by atoms with van der Waals surface area (Å²) >= 11 is 0. The Bertz CT molecular complexity index is 733. The van der Waals surface area contributed by atoms with Gasteiger partial charge in [0, 0.05) is 6.54 Å². The lowest BCUT2D eigenvalue weighted by Gasteiger charge is -2.36. The molecule has 0 radical (unpaired) electrons. The Hall–Kier alpha value is -2.21. The number of carbonyl (C=O) groups excluding carboxylic acids is 1. The predicted molar refractivity (Wildman–Crippen MR) is 84.1 cm³/mol. The third-order valence-electron chi connectivity index (χ3n) is 4.45. The van der Waals surface area contributed by atoms with Crippen molar-refractivity contribution in [1.82, 2.24) is 15.1 Å². The molecule has 0 spiro atoms. The van der Waals surface area contributed by atoms with Crippen LogP contribution < -0.4 is 5.32 Å². The topological polar surface area (TPSA) is 67.2 Å². The summed E-state index contributed by atoms with van der Waals surface area (Å²) in [6.45, 7) is 3.82. The Labute approximate surface area is 134 Å². The summed E-state index contributed by atoms with van der Waals surface area (Å²) in [4.78, 5) is 12.4. The second-order valence-electron chi connectivity index (χ2n) is 6.19. The Morgan fingerprint density at radius 2 is 2.00 bits per heavy atom. The van der Waals surface area contributed by atoms with Crippen molar-refractivity contribution in [2.24, 2.45) is 0 Å². The number of nitrogens with zero attached hydrogens (tertiary/aromatic N) is 2. The zero-order valence-corrected chi connectivity index (χ0v) is 13.3. The van der Waals surface area contributed by atoms with Gasteiger partial charge in [-0.1, -0.05) is 0 Å². The van der Waals surface area contributed by atoms with E-state index in [-0.39, 0.29) is 18.3 Å². The van der Waals surface area contributed by atoms with Gasteiger partial charge < -0.3 is 10.4 Å². The van der Waals surface area contributed by atoms with Gasteiger partial charge in [0.15, 0.2) is 0 Å². The smallest absolute Gasteiger partial charge is 0.255 e. The Balaban J connectivity index is 1.82. The molecule has 3 rings (SSSR count). The molecule has 0 unspecified atom stereocenters. The zero-order chi connectivity index (χ0) is 16.6. The Morgan fingerprint density at radius 1 is 1.35 bits per heavy atom. The molecule has 1 aromatic carbocycles. The van der Waals surface area contributed by atoms with Crippen molar-refractivity contribution < 1.29 is 14.3 Å². The first kappa shape index (κ1) is 15.7. The van der Waals surface area contributed by atoms with Crippen molar-refractivity contribution >= 4 is 5.91 Å². The third kappa shape index (κ3) is 2.99. The van der Waals surface area contributed by atoms with Crippen LogP contribution in [0.15, 0.2) is 24.3 Å². The molecule has 23 heavy (non-hydrogen) atoms. The molecule has 6 heteroatoms. The highest BCUT2D eigenvalue weighted by molar-refractivity contribution is 5.96. The second-order valence-corrected chi connectivity index (χ2v) is 6.19. The van der Waals surface area contributed by atoms with Crippen LogP contribution in [0.4, 0.5) is 4.39 Å². The van der Waals surface area contributed by atoms with Crippen molar-refractivity contribution in [3.8, 4) is 5.69 Å². The van der Waals surface area contributed by atoms with Crippen molar-refractivity contribution in [1.29, 1.82) is 0 Å². The average Bonchev–Trinajstić information content (AvgIpc) is 2.79. The van der Waals surface area contributed by atoms with E-state index >= 15 is 0 Å². The van der Waals surface area contributed by atoms with Gasteiger partial charge in [-0.15, -0.1) is 0 Å². The van der Waals surface area contributed by atoms with E-state index in [1.165, 1.54) is 12.1 Å². The lowest BCUT2D eigenvalue weighted by atomic mass is 9.80. The molecule has 0 aliphatic heterocycles. The molecule has 2 N–H and O–H groups in total. The maximum absolute atomic E-state index is 13.0. The van der Waals surface area contributed by atoms with Gasteiger partial charge in [0.2, 0.25) is 0 Å². The van der Waals surface area contributed by atoms with E-state index in [2.05, 4.69) is 10.4 Å². The molecule has 1 aliphatic rings. The monoisotopic (exact) mass is 317 g/mol. The van der Waals surface area contributed by atoms with Crippen LogP contribution in [0.2, 0.25) is 0 Å². The number of aliphatic hydroxyl groups is 1. The van der Waals surface area contributed by atoms with E-state index in [0.717, 1.165) is 19.3 Å². The number of aromatic nitrogens is 2. The number of hydrogen-bond donors (Lipinski definition) is 2. The van der Waals surface area contributed by atoms with Crippen molar-refractivity contribution in [2.75, 3.05) is 6.54 Å². The van der Waals surface area contributed by atoms with Crippen molar-refractivity contribution in [2.45, 2.75) is 38.7 Å². The van der Waals surface area contributed by atoms with Crippen LogP contribution in [0.5, 0.6) is 0 Å². The molecule has 0 saturated heterocycles. The summed E-state index contributed by atoms with van der Waals surface area (Å²) in [5.41, 5.74) is 1.72. The number of amides is 1. The number of aryl methyl sites for hydroxylation is 1. The van der Waals surface area contributed by atoms with Gasteiger partial charge in [0.25, 0.3) is 5.91 Å². The minimum atomic E-state index is -0.760. The molecule has 1 fully saturated rings. The van der Waals surface area contributed by atoms with Crippen LogP contribution in [0, 0.1) is 19.7 Å². The quantitative estimate of drug-likeness (QED) is 0.909. The molecule has 1 amide bonds. The van der Waals surface area contributed by atoms with Gasteiger partial charge in [-0.3, -0.25) is 4.79 Å². The van der Waals surface area contributed by atoms with Gasteiger partial charge in [-0.05, 0) is 57.4 Å². The fourth-order valence-corrected chi connectivity index (χ4v) is 2.90. The first-order valence-corrected chi connectivity index (χ1v) is 7.72. The summed E-state index contributed by atoms with van der Waals surface area (Å²) in [6.07, 6.45) is 2.44. The van der Waals surface area contributed by atoms with Gasteiger partial charge >= 0.3 is 0 Å². The maximum atomic E-state index is 13.0. The minimum absolute atomic E-state index is 0.242. The normalized spacial score (nSPS) is 16.0. The molecule has 0 bridgehead atoms. The number of benzene rings is 1. The zero-order valence-electron chi connectivity index (χ0n) is 13.3. The molecule has 1 aliphatic carbocycles. The third-order valence-corrected chi connectivity index (χ3v) is 4.45. The second kappa shape index (κ2) is 5.77. The highest BCUT2D eigenvalue weighted by atomic mass is 19.1. The van der Waals surface area contributed by atoms with Crippen LogP contribution in [0.25, 0.3) is 5.69 Å². The highest BCUT2D eigenvalue weighted by Crippen LogP contribution is 2.30. The molecular formula is C17H20FN3O2. The first-order chi connectivity index (χ1) is 10.9. The number of halogens is 1. The number of nitrogens with one attached hydrogen (secondary N) is 1. The van der Waals surface area contributed by atoms with E-state index in [1.54, 1.807) is 30.7 Å². The molecule has 122 valence electrons. The van der Waals surface area contributed by atoms with E-state index in [1.807, 2.05) is 0 Å². The van der Waals surface area contributed by atoms with Crippen molar-refractivity contribution in [3.05, 3.63) is 47.0 Å². The van der Waals surface area contributed by atoms with Crippen LogP contribution in [0.1, 0.15) is 41.0 Å². The molecule has 1 aromatic heterocycles. The van der Waals surface area contributed by atoms with Crippen molar-refractivity contribution in [3.63, 3.8) is 0 Å². The Kier molecular flexibility index (Phi) is 3.93. The largest absolute Gasteiger partial charge is 0.388 e. The molecule has 2 aromatic rings. The number of hydrogen-bond acceptors (Lipinski definition) is 3. The summed E-state index contributed by atoms with van der Waals surface area (Å²) in [5.74, 6) is -0.560. The van der Waals surface area contributed by atoms with Gasteiger partial charge in [0.05, 0.1) is 28.2 Å². The SMILES string of the molecule is Cc1nn(-c2ccc(F)cc2)c(C)c1C(=O)NCC1(O)CCC1. The summed E-state index contributed by atoms with van der Waals surface area (Å²) < 4.78 is 14.7. The summed E-state index contributed by atoms with van der Waals surface area (Å²) in [7, 11) is 0. The van der Waals surface area contributed by atoms with Crippen LogP contribution in [-0.4, -0.2) is 32.9 Å². The maximum Gasteiger partial charge on any atom is 0.255 e. The molecular weight excluding hydrogens is 297 g/mol. The van der Waals surface area contributed by atoms with Crippen LogP contribution in [-0.2, 0) is 0 Å². The molecule has 5 nitrogen and oxygen atoms in total. The number of rotatable bonds is 4. The molecule has 1 saturated carbocycles. The minimum Gasteiger partial charge on any atom is -0.388 e.